The highest BCUT2D eigenvalue weighted by molar-refractivity contribution is 9.10. The Bertz CT molecular complexity index is 1250. The number of esters is 1. The Kier molecular flexibility index (Phi) is 9.39. The summed E-state index contributed by atoms with van der Waals surface area (Å²) in [6, 6.07) is 18.1. The zero-order chi connectivity index (χ0) is 25.2. The number of nitrogens with zero attached hydrogens (tertiary/aromatic N) is 1. The van der Waals surface area contributed by atoms with Crippen molar-refractivity contribution < 1.29 is 23.9 Å². The van der Waals surface area contributed by atoms with E-state index in [0.717, 1.165) is 4.47 Å². The summed E-state index contributed by atoms with van der Waals surface area (Å²) >= 11 is 9.34. The van der Waals surface area contributed by atoms with Gasteiger partial charge in [-0.2, -0.15) is 5.10 Å². The third-order valence-electron chi connectivity index (χ3n) is 4.50. The predicted molar refractivity (Wildman–Crippen MR) is 136 cm³/mol. The van der Waals surface area contributed by atoms with Crippen LogP contribution in [0.3, 0.4) is 0 Å². The van der Waals surface area contributed by atoms with E-state index in [2.05, 4.69) is 31.8 Å². The van der Waals surface area contributed by atoms with Crippen LogP contribution in [0.25, 0.3) is 0 Å². The topological polar surface area (TPSA) is 106 Å². The van der Waals surface area contributed by atoms with Gasteiger partial charge in [-0.05, 0) is 61.5 Å². The fraction of sp³-hybridized carbons (Fsp3) is 0.120. The van der Waals surface area contributed by atoms with Crippen LogP contribution in [0.4, 0.5) is 0 Å². The summed E-state index contributed by atoms with van der Waals surface area (Å²) in [6.07, 6.45) is 1.33. The molecule has 2 N–H and O–H groups in total. The molecule has 0 saturated carbocycles. The summed E-state index contributed by atoms with van der Waals surface area (Å²) < 4.78 is 11.6. The summed E-state index contributed by atoms with van der Waals surface area (Å²) in [5, 5.41) is 6.65. The van der Waals surface area contributed by atoms with Gasteiger partial charge < -0.3 is 14.8 Å². The first-order valence-corrected chi connectivity index (χ1v) is 11.6. The molecule has 0 spiro atoms. The largest absolute Gasteiger partial charge is 0.494 e. The number of hydrazone groups is 1. The minimum Gasteiger partial charge on any atom is -0.494 e. The maximum Gasteiger partial charge on any atom is 0.343 e. The molecule has 3 aromatic carbocycles. The number of halogens is 2. The lowest BCUT2D eigenvalue weighted by molar-refractivity contribution is -0.120. The number of carbonyl (C=O) groups is 3. The fourth-order valence-corrected chi connectivity index (χ4v) is 3.44. The van der Waals surface area contributed by atoms with Crippen LogP contribution < -0.4 is 20.2 Å². The van der Waals surface area contributed by atoms with Crippen LogP contribution in [0, 0.1) is 0 Å². The van der Waals surface area contributed by atoms with Gasteiger partial charge in [-0.25, -0.2) is 10.2 Å². The van der Waals surface area contributed by atoms with Crippen molar-refractivity contribution in [1.29, 1.82) is 0 Å². The standard InChI is InChI=1S/C25H21BrClN3O5/c1-2-34-19-10-7-16(8-11-19)25(33)35-22-12-9-18(26)13-17(22)14-29-30-23(31)15-28-24(32)20-5-3-4-6-21(20)27/h3-14H,2,15H2,1H3,(H,28,32)(H,30,31). The molecule has 3 rings (SSSR count). The Morgan fingerprint density at radius 2 is 1.80 bits per heavy atom. The van der Waals surface area contributed by atoms with Crippen molar-refractivity contribution in [2.24, 2.45) is 5.10 Å². The van der Waals surface area contributed by atoms with E-state index in [0.29, 0.717) is 23.5 Å². The molecule has 0 atom stereocenters. The Balaban J connectivity index is 1.59. The van der Waals surface area contributed by atoms with Crippen LogP contribution in [-0.2, 0) is 4.79 Å². The molecule has 8 nitrogen and oxygen atoms in total. The first-order valence-electron chi connectivity index (χ1n) is 10.5. The molecule has 35 heavy (non-hydrogen) atoms. The molecule has 0 aliphatic rings. The molecule has 0 aliphatic heterocycles. The zero-order valence-electron chi connectivity index (χ0n) is 18.6. The van der Waals surface area contributed by atoms with Crippen LogP contribution in [0.5, 0.6) is 11.5 Å². The Labute approximate surface area is 215 Å². The lowest BCUT2D eigenvalue weighted by atomic mass is 10.2. The number of hydrogen-bond donors (Lipinski definition) is 2. The Hall–Kier alpha value is -3.69. The lowest BCUT2D eigenvalue weighted by Gasteiger charge is -2.09. The molecule has 0 radical (unpaired) electrons. The van der Waals surface area contributed by atoms with Gasteiger partial charge in [-0.3, -0.25) is 9.59 Å². The summed E-state index contributed by atoms with van der Waals surface area (Å²) in [5.41, 5.74) is 3.37. The molecule has 0 heterocycles. The molecule has 0 bridgehead atoms. The number of rotatable bonds is 9. The van der Waals surface area contributed by atoms with Gasteiger partial charge in [0.2, 0.25) is 0 Å². The third-order valence-corrected chi connectivity index (χ3v) is 5.32. The van der Waals surface area contributed by atoms with Crippen LogP contribution in [-0.4, -0.2) is 37.1 Å². The highest BCUT2D eigenvalue weighted by Gasteiger charge is 2.13. The quantitative estimate of drug-likeness (QED) is 0.173. The molecule has 0 fully saturated rings. The average molecular weight is 559 g/mol. The number of carbonyl (C=O) groups excluding carboxylic acids is 3. The number of benzene rings is 3. The number of hydrogen-bond acceptors (Lipinski definition) is 6. The molecule has 2 amide bonds. The van der Waals surface area contributed by atoms with E-state index in [1.54, 1.807) is 66.7 Å². The fourth-order valence-electron chi connectivity index (χ4n) is 2.84. The van der Waals surface area contributed by atoms with Crippen LogP contribution in [0.1, 0.15) is 33.2 Å². The van der Waals surface area contributed by atoms with Crippen LogP contribution >= 0.6 is 27.5 Å². The van der Waals surface area contributed by atoms with Crippen molar-refractivity contribution in [3.8, 4) is 11.5 Å². The normalized spacial score (nSPS) is 10.6. The minimum absolute atomic E-state index is 0.247. The van der Waals surface area contributed by atoms with Crippen molar-refractivity contribution in [1.82, 2.24) is 10.7 Å². The number of ether oxygens (including phenoxy) is 2. The first-order chi connectivity index (χ1) is 16.9. The molecule has 0 saturated heterocycles. The maximum atomic E-state index is 12.6. The van der Waals surface area contributed by atoms with Gasteiger partial charge in [-0.15, -0.1) is 0 Å². The van der Waals surface area contributed by atoms with Gasteiger partial charge in [0.25, 0.3) is 11.8 Å². The Morgan fingerprint density at radius 1 is 1.06 bits per heavy atom. The average Bonchev–Trinajstić information content (AvgIpc) is 2.85. The van der Waals surface area contributed by atoms with E-state index < -0.39 is 17.8 Å². The van der Waals surface area contributed by atoms with Crippen molar-refractivity contribution in [2.75, 3.05) is 13.2 Å². The van der Waals surface area contributed by atoms with Gasteiger partial charge in [0.15, 0.2) is 0 Å². The second-order valence-electron chi connectivity index (χ2n) is 6.98. The summed E-state index contributed by atoms with van der Waals surface area (Å²) in [4.78, 5) is 36.8. The smallest absolute Gasteiger partial charge is 0.343 e. The van der Waals surface area contributed by atoms with Crippen molar-refractivity contribution in [3.05, 3.63) is 92.9 Å². The van der Waals surface area contributed by atoms with E-state index in [-0.39, 0.29) is 22.9 Å². The van der Waals surface area contributed by atoms with E-state index in [9.17, 15) is 14.4 Å². The van der Waals surface area contributed by atoms with E-state index in [1.807, 2.05) is 6.92 Å². The number of nitrogens with one attached hydrogen (secondary N) is 2. The minimum atomic E-state index is -0.559. The highest BCUT2D eigenvalue weighted by Crippen LogP contribution is 2.23. The van der Waals surface area contributed by atoms with Gasteiger partial charge >= 0.3 is 5.97 Å². The van der Waals surface area contributed by atoms with E-state index >= 15 is 0 Å². The van der Waals surface area contributed by atoms with Gasteiger partial charge in [0, 0.05) is 10.0 Å². The molecule has 0 aliphatic carbocycles. The monoisotopic (exact) mass is 557 g/mol. The molecular weight excluding hydrogens is 538 g/mol. The third kappa shape index (κ3) is 7.66. The zero-order valence-corrected chi connectivity index (χ0v) is 20.9. The van der Waals surface area contributed by atoms with Gasteiger partial charge in [0.1, 0.15) is 11.5 Å². The molecule has 10 heteroatoms. The van der Waals surface area contributed by atoms with Gasteiger partial charge in [-0.1, -0.05) is 39.7 Å². The van der Waals surface area contributed by atoms with Crippen molar-refractivity contribution in [3.63, 3.8) is 0 Å². The lowest BCUT2D eigenvalue weighted by Crippen LogP contribution is -2.35. The predicted octanol–water partition coefficient (Wildman–Crippen LogP) is 4.60. The molecule has 180 valence electrons. The molecule has 0 aromatic heterocycles. The maximum absolute atomic E-state index is 12.6. The van der Waals surface area contributed by atoms with E-state index in [4.69, 9.17) is 21.1 Å². The second kappa shape index (κ2) is 12.7. The second-order valence-corrected chi connectivity index (χ2v) is 8.31. The van der Waals surface area contributed by atoms with Crippen LogP contribution in [0.15, 0.2) is 76.3 Å². The molecular formula is C25H21BrClN3O5. The first kappa shape index (κ1) is 25.9. The van der Waals surface area contributed by atoms with E-state index in [1.165, 1.54) is 6.21 Å². The highest BCUT2D eigenvalue weighted by atomic mass is 79.9. The summed E-state index contributed by atoms with van der Waals surface area (Å²) in [7, 11) is 0. The van der Waals surface area contributed by atoms with Crippen molar-refractivity contribution >= 4 is 51.5 Å². The summed E-state index contributed by atoms with van der Waals surface area (Å²) in [5.74, 6) is -0.692. The molecule has 3 aromatic rings. The molecule has 0 unspecified atom stereocenters. The SMILES string of the molecule is CCOc1ccc(C(=O)Oc2ccc(Br)cc2C=NNC(=O)CNC(=O)c2ccccc2Cl)cc1. The van der Waals surface area contributed by atoms with Crippen LogP contribution in [0.2, 0.25) is 5.02 Å². The number of amides is 2. The van der Waals surface area contributed by atoms with Crippen molar-refractivity contribution in [2.45, 2.75) is 6.92 Å². The summed E-state index contributed by atoms with van der Waals surface area (Å²) in [6.45, 7) is 2.09. The Morgan fingerprint density at radius 3 is 2.51 bits per heavy atom. The van der Waals surface area contributed by atoms with Gasteiger partial charge in [0.05, 0.1) is 35.5 Å².